The summed E-state index contributed by atoms with van der Waals surface area (Å²) < 4.78 is 1.24. The molecule has 2 nitrogen and oxygen atoms in total. The first-order chi connectivity index (χ1) is 9.48. The highest BCUT2D eigenvalue weighted by Gasteiger charge is 2.51. The summed E-state index contributed by atoms with van der Waals surface area (Å²) in [7, 11) is 0. The van der Waals surface area contributed by atoms with E-state index in [0.29, 0.717) is 12.5 Å². The second kappa shape index (κ2) is 4.83. The van der Waals surface area contributed by atoms with Crippen molar-refractivity contribution in [3.63, 3.8) is 0 Å². The van der Waals surface area contributed by atoms with Crippen LogP contribution in [0.1, 0.15) is 38.0 Å². The summed E-state index contributed by atoms with van der Waals surface area (Å²) in [6.07, 6.45) is 3.20. The molecule has 3 rings (SSSR count). The van der Waals surface area contributed by atoms with Gasteiger partial charge in [-0.05, 0) is 49.6 Å². The lowest BCUT2D eigenvalue weighted by molar-refractivity contribution is -0.0681. The lowest BCUT2D eigenvalue weighted by atomic mass is 9.70. The van der Waals surface area contributed by atoms with Crippen molar-refractivity contribution >= 4 is 21.4 Å². The summed E-state index contributed by atoms with van der Waals surface area (Å²) in [5.41, 5.74) is 5.08. The Morgan fingerprint density at radius 3 is 2.80 bits per heavy atom. The van der Waals surface area contributed by atoms with Crippen molar-refractivity contribution in [1.82, 2.24) is 0 Å². The van der Waals surface area contributed by atoms with E-state index in [1.54, 1.807) is 11.3 Å². The zero-order valence-corrected chi connectivity index (χ0v) is 13.0. The maximum atomic E-state index is 11.3. The molecule has 1 aliphatic rings. The average molecular weight is 289 g/mol. The van der Waals surface area contributed by atoms with Gasteiger partial charge in [0.25, 0.3) is 0 Å². The molecule has 3 unspecified atom stereocenters. The second-order valence-electron chi connectivity index (χ2n) is 6.55. The number of hydrogen-bond acceptors (Lipinski definition) is 3. The van der Waals surface area contributed by atoms with Crippen LogP contribution in [-0.2, 0) is 5.60 Å². The van der Waals surface area contributed by atoms with Gasteiger partial charge in [0.15, 0.2) is 0 Å². The maximum absolute atomic E-state index is 11.3. The minimum atomic E-state index is -0.837. The fourth-order valence-electron chi connectivity index (χ4n) is 3.70. The predicted molar refractivity (Wildman–Crippen MR) is 85.9 cm³/mol. The van der Waals surface area contributed by atoms with Crippen molar-refractivity contribution in [3.05, 3.63) is 35.2 Å². The van der Waals surface area contributed by atoms with Crippen molar-refractivity contribution in [2.45, 2.75) is 38.7 Å². The molecule has 3 heteroatoms. The normalized spacial score (nSPS) is 29.7. The predicted octanol–water partition coefficient (Wildman–Crippen LogP) is 3.87. The molecule has 1 heterocycles. The van der Waals surface area contributed by atoms with E-state index in [1.807, 2.05) is 19.1 Å². The lowest BCUT2D eigenvalue weighted by Gasteiger charge is -2.42. The molecule has 2 aromatic rings. The number of hydrogen-bond donors (Lipinski definition) is 2. The van der Waals surface area contributed by atoms with Crippen LogP contribution >= 0.6 is 11.3 Å². The van der Waals surface area contributed by atoms with E-state index in [0.717, 1.165) is 24.1 Å². The minimum absolute atomic E-state index is 0.173. The Labute approximate surface area is 124 Å². The average Bonchev–Trinajstić information content (AvgIpc) is 3.03. The molecule has 0 amide bonds. The fourth-order valence-corrected chi connectivity index (χ4v) is 4.93. The molecule has 1 aromatic carbocycles. The van der Waals surface area contributed by atoms with Crippen LogP contribution in [0.3, 0.4) is 0 Å². The molecule has 3 atom stereocenters. The molecular formula is C17H23NOS. The van der Waals surface area contributed by atoms with Crippen molar-refractivity contribution in [2.75, 3.05) is 6.54 Å². The Kier molecular flexibility index (Phi) is 3.39. The van der Waals surface area contributed by atoms with Gasteiger partial charge in [-0.1, -0.05) is 25.1 Å². The van der Waals surface area contributed by atoms with Gasteiger partial charge >= 0.3 is 0 Å². The van der Waals surface area contributed by atoms with E-state index in [-0.39, 0.29) is 5.41 Å². The maximum Gasteiger partial charge on any atom is 0.103 e. The molecular weight excluding hydrogens is 266 g/mol. The Morgan fingerprint density at radius 1 is 1.45 bits per heavy atom. The zero-order valence-electron chi connectivity index (χ0n) is 12.2. The van der Waals surface area contributed by atoms with Gasteiger partial charge in [0.05, 0.1) is 0 Å². The van der Waals surface area contributed by atoms with Crippen LogP contribution in [0.15, 0.2) is 30.3 Å². The minimum Gasteiger partial charge on any atom is -0.384 e. The van der Waals surface area contributed by atoms with Gasteiger partial charge in [-0.15, -0.1) is 11.3 Å². The highest BCUT2D eigenvalue weighted by Crippen LogP contribution is 2.54. The molecule has 1 fully saturated rings. The van der Waals surface area contributed by atoms with Crippen LogP contribution in [0, 0.1) is 11.3 Å². The van der Waals surface area contributed by atoms with Crippen molar-refractivity contribution in [3.8, 4) is 0 Å². The van der Waals surface area contributed by atoms with Crippen LogP contribution in [0.2, 0.25) is 0 Å². The smallest absolute Gasteiger partial charge is 0.103 e. The van der Waals surface area contributed by atoms with Gasteiger partial charge in [0, 0.05) is 21.5 Å². The third kappa shape index (κ3) is 2.00. The van der Waals surface area contributed by atoms with Crippen molar-refractivity contribution in [2.24, 2.45) is 17.1 Å². The number of nitrogens with two attached hydrogens (primary N) is 1. The summed E-state index contributed by atoms with van der Waals surface area (Å²) in [5, 5.41) is 12.5. The van der Waals surface area contributed by atoms with Gasteiger partial charge < -0.3 is 10.8 Å². The van der Waals surface area contributed by atoms with Crippen LogP contribution in [0.5, 0.6) is 0 Å². The molecule has 0 saturated heterocycles. The van der Waals surface area contributed by atoms with E-state index in [2.05, 4.69) is 25.1 Å². The van der Waals surface area contributed by atoms with Crippen molar-refractivity contribution in [1.29, 1.82) is 0 Å². The molecule has 1 aromatic heterocycles. The van der Waals surface area contributed by atoms with Gasteiger partial charge in [-0.25, -0.2) is 0 Å². The summed E-state index contributed by atoms with van der Waals surface area (Å²) in [4.78, 5) is 1.05. The van der Waals surface area contributed by atoms with E-state index in [1.165, 1.54) is 10.1 Å². The summed E-state index contributed by atoms with van der Waals surface area (Å²) >= 11 is 1.70. The number of thiophene rings is 1. The third-order valence-corrected chi connectivity index (χ3v) is 6.51. The van der Waals surface area contributed by atoms with E-state index < -0.39 is 5.60 Å². The lowest BCUT2D eigenvalue weighted by Crippen LogP contribution is -2.46. The van der Waals surface area contributed by atoms with Crippen LogP contribution in [0.4, 0.5) is 0 Å². The van der Waals surface area contributed by atoms with Gasteiger partial charge in [-0.2, -0.15) is 0 Å². The quantitative estimate of drug-likeness (QED) is 0.901. The van der Waals surface area contributed by atoms with Crippen LogP contribution in [-0.4, -0.2) is 11.7 Å². The zero-order chi connectivity index (χ0) is 14.4. The first-order valence-corrected chi connectivity index (χ1v) is 8.22. The largest absolute Gasteiger partial charge is 0.384 e. The van der Waals surface area contributed by atoms with E-state index >= 15 is 0 Å². The van der Waals surface area contributed by atoms with Gasteiger partial charge in [0.1, 0.15) is 5.60 Å². The first kappa shape index (κ1) is 14.1. The third-order valence-electron chi connectivity index (χ3n) is 5.18. The summed E-state index contributed by atoms with van der Waals surface area (Å²) in [6.45, 7) is 4.78. The number of fused-ring (bicyclic) bond motifs is 1. The molecule has 0 bridgehead atoms. The second-order valence-corrected chi connectivity index (χ2v) is 7.64. The van der Waals surface area contributed by atoms with Crippen LogP contribution in [0.25, 0.3) is 10.1 Å². The van der Waals surface area contributed by atoms with Gasteiger partial charge in [-0.3, -0.25) is 0 Å². The monoisotopic (exact) mass is 289 g/mol. The molecule has 20 heavy (non-hydrogen) atoms. The SMILES string of the molecule is CC1CCC(CN)(C(C)(O)c2cc3ccccc3s2)C1. The molecule has 108 valence electrons. The number of benzene rings is 1. The van der Waals surface area contributed by atoms with Crippen molar-refractivity contribution < 1.29 is 5.11 Å². The highest BCUT2D eigenvalue weighted by molar-refractivity contribution is 7.19. The molecule has 1 aliphatic carbocycles. The Balaban J connectivity index is 2.05. The summed E-state index contributed by atoms with van der Waals surface area (Å²) in [6, 6.07) is 10.5. The Hall–Kier alpha value is -0.900. The Morgan fingerprint density at radius 2 is 2.20 bits per heavy atom. The van der Waals surface area contributed by atoms with Gasteiger partial charge in [0.2, 0.25) is 0 Å². The summed E-state index contributed by atoms with van der Waals surface area (Å²) in [5.74, 6) is 0.652. The molecule has 1 saturated carbocycles. The Bertz CT molecular complexity index is 585. The standard InChI is InChI=1S/C17H23NOS/c1-12-7-8-17(10-12,11-18)16(2,19)15-9-13-5-3-4-6-14(13)20-15/h3-6,9,12,19H,7-8,10-11,18H2,1-2H3. The molecule has 0 aliphatic heterocycles. The highest BCUT2D eigenvalue weighted by atomic mass is 32.1. The van der Waals surface area contributed by atoms with Crippen LogP contribution < -0.4 is 5.73 Å². The molecule has 0 radical (unpaired) electrons. The topological polar surface area (TPSA) is 46.2 Å². The number of rotatable bonds is 3. The van der Waals surface area contributed by atoms with E-state index in [4.69, 9.17) is 5.73 Å². The number of aliphatic hydroxyl groups is 1. The van der Waals surface area contributed by atoms with E-state index in [9.17, 15) is 5.11 Å². The molecule has 0 spiro atoms. The first-order valence-electron chi connectivity index (χ1n) is 7.40. The molecule has 3 N–H and O–H groups in total. The fraction of sp³-hybridized carbons (Fsp3) is 0.529.